The van der Waals surface area contributed by atoms with E-state index in [1.54, 1.807) is 0 Å². The van der Waals surface area contributed by atoms with Crippen molar-refractivity contribution in [2.75, 3.05) is 0 Å². The lowest BCUT2D eigenvalue weighted by Gasteiger charge is -2.03. The number of hydrogen-bond donors (Lipinski definition) is 1. The molecule has 0 aliphatic rings. The summed E-state index contributed by atoms with van der Waals surface area (Å²) in [7, 11) is 0. The fourth-order valence-electron chi connectivity index (χ4n) is 1.61. The van der Waals surface area contributed by atoms with Gasteiger partial charge in [-0.25, -0.2) is 4.98 Å². The summed E-state index contributed by atoms with van der Waals surface area (Å²) in [6.45, 7) is 4.08. The Balaban J connectivity index is 2.46. The first-order valence-corrected chi connectivity index (χ1v) is 5.79. The van der Waals surface area contributed by atoms with Crippen molar-refractivity contribution in [2.24, 2.45) is 5.73 Å². The Hall–Kier alpha value is -1.68. The molecule has 2 aromatic rings. The van der Waals surface area contributed by atoms with Crippen LogP contribution in [0.1, 0.15) is 20.9 Å². The third-order valence-electron chi connectivity index (χ3n) is 2.37. The number of benzene rings is 1. The number of nitrogens with zero attached hydrogens (tertiary/aromatic N) is 1. The number of nitrogens with two attached hydrogens (primary N) is 1. The van der Waals surface area contributed by atoms with Crippen LogP contribution in [0.5, 0.6) is 0 Å². The molecule has 16 heavy (non-hydrogen) atoms. The number of primary amides is 1. The fraction of sp³-hybridized carbons (Fsp3) is 0.167. The highest BCUT2D eigenvalue weighted by Gasteiger charge is 2.10. The standard InChI is InChI=1S/C12H12N2OS/c1-7-3-4-9(8(2)5-7)10-6-16-12(14-10)11(13)15/h3-6H,1-2H3,(H2,13,15). The van der Waals surface area contributed by atoms with E-state index in [9.17, 15) is 4.79 Å². The van der Waals surface area contributed by atoms with Crippen LogP contribution in [-0.2, 0) is 0 Å². The Morgan fingerprint density at radius 2 is 2.12 bits per heavy atom. The summed E-state index contributed by atoms with van der Waals surface area (Å²) in [5.41, 5.74) is 9.41. The maximum atomic E-state index is 11.0. The number of thiazole rings is 1. The van der Waals surface area contributed by atoms with Gasteiger partial charge in [0.2, 0.25) is 0 Å². The number of hydrogen-bond acceptors (Lipinski definition) is 3. The largest absolute Gasteiger partial charge is 0.364 e. The molecule has 4 heteroatoms. The summed E-state index contributed by atoms with van der Waals surface area (Å²) in [4.78, 5) is 15.2. The predicted molar refractivity (Wildman–Crippen MR) is 65.5 cm³/mol. The molecule has 1 aromatic heterocycles. The van der Waals surface area contributed by atoms with Gasteiger partial charge in [0.15, 0.2) is 5.01 Å². The molecule has 1 heterocycles. The molecule has 82 valence electrons. The lowest BCUT2D eigenvalue weighted by atomic mass is 10.0. The Morgan fingerprint density at radius 3 is 2.69 bits per heavy atom. The van der Waals surface area contributed by atoms with Crippen molar-refractivity contribution < 1.29 is 4.79 Å². The summed E-state index contributed by atoms with van der Waals surface area (Å²) >= 11 is 1.28. The van der Waals surface area contributed by atoms with E-state index in [0.29, 0.717) is 5.01 Å². The normalized spacial score (nSPS) is 10.4. The molecule has 0 fully saturated rings. The van der Waals surface area contributed by atoms with E-state index >= 15 is 0 Å². The summed E-state index contributed by atoms with van der Waals surface area (Å²) in [6.07, 6.45) is 0. The van der Waals surface area contributed by atoms with E-state index in [1.165, 1.54) is 16.9 Å². The quantitative estimate of drug-likeness (QED) is 0.865. The SMILES string of the molecule is Cc1ccc(-c2csc(C(N)=O)n2)c(C)c1. The highest BCUT2D eigenvalue weighted by molar-refractivity contribution is 7.12. The first-order valence-electron chi connectivity index (χ1n) is 4.91. The molecule has 0 aliphatic heterocycles. The van der Waals surface area contributed by atoms with Crippen LogP contribution >= 0.6 is 11.3 Å². The van der Waals surface area contributed by atoms with Crippen molar-refractivity contribution in [3.63, 3.8) is 0 Å². The first kappa shape index (κ1) is 10.8. The molecule has 2 N–H and O–H groups in total. The van der Waals surface area contributed by atoms with Gasteiger partial charge < -0.3 is 5.73 Å². The maximum Gasteiger partial charge on any atom is 0.277 e. The van der Waals surface area contributed by atoms with Crippen LogP contribution in [0, 0.1) is 13.8 Å². The molecule has 0 saturated heterocycles. The third-order valence-corrected chi connectivity index (χ3v) is 3.23. The van der Waals surface area contributed by atoms with Gasteiger partial charge in [0, 0.05) is 10.9 Å². The second-order valence-electron chi connectivity index (χ2n) is 3.72. The van der Waals surface area contributed by atoms with Crippen molar-refractivity contribution in [1.82, 2.24) is 4.98 Å². The molecule has 1 amide bonds. The fourth-order valence-corrected chi connectivity index (χ4v) is 2.28. The maximum absolute atomic E-state index is 11.0. The van der Waals surface area contributed by atoms with Gasteiger partial charge in [-0.3, -0.25) is 4.79 Å². The highest BCUT2D eigenvalue weighted by Crippen LogP contribution is 2.25. The monoisotopic (exact) mass is 232 g/mol. The summed E-state index contributed by atoms with van der Waals surface area (Å²) in [5.74, 6) is -0.471. The molecule has 0 aliphatic carbocycles. The topological polar surface area (TPSA) is 56.0 Å². The van der Waals surface area contributed by atoms with E-state index in [0.717, 1.165) is 16.8 Å². The molecule has 3 nitrogen and oxygen atoms in total. The highest BCUT2D eigenvalue weighted by atomic mass is 32.1. The summed E-state index contributed by atoms with van der Waals surface area (Å²) in [6, 6.07) is 6.15. The van der Waals surface area contributed by atoms with E-state index in [-0.39, 0.29) is 0 Å². The van der Waals surface area contributed by atoms with Gasteiger partial charge >= 0.3 is 0 Å². The van der Waals surface area contributed by atoms with E-state index in [2.05, 4.69) is 11.1 Å². The van der Waals surface area contributed by atoms with Crippen LogP contribution in [0.3, 0.4) is 0 Å². The van der Waals surface area contributed by atoms with Crippen molar-refractivity contribution in [2.45, 2.75) is 13.8 Å². The molecular formula is C12H12N2OS. The van der Waals surface area contributed by atoms with Gasteiger partial charge in [-0.2, -0.15) is 0 Å². The lowest BCUT2D eigenvalue weighted by molar-refractivity contribution is 0.1000. The number of amides is 1. The van der Waals surface area contributed by atoms with Gasteiger partial charge in [-0.05, 0) is 19.4 Å². The van der Waals surface area contributed by atoms with E-state index in [4.69, 9.17) is 5.73 Å². The molecule has 1 aromatic carbocycles. The minimum absolute atomic E-state index is 0.356. The number of aromatic nitrogens is 1. The Morgan fingerprint density at radius 1 is 1.38 bits per heavy atom. The van der Waals surface area contributed by atoms with Crippen LogP contribution in [-0.4, -0.2) is 10.9 Å². The minimum Gasteiger partial charge on any atom is -0.364 e. The van der Waals surface area contributed by atoms with Crippen LogP contribution in [0.25, 0.3) is 11.3 Å². The van der Waals surface area contributed by atoms with Gasteiger partial charge in [0.05, 0.1) is 5.69 Å². The van der Waals surface area contributed by atoms with Crippen molar-refractivity contribution in [3.8, 4) is 11.3 Å². The third kappa shape index (κ3) is 1.97. The minimum atomic E-state index is -0.471. The smallest absolute Gasteiger partial charge is 0.277 e. The Bertz CT molecular complexity index is 546. The number of carbonyl (C=O) groups excluding carboxylic acids is 1. The van der Waals surface area contributed by atoms with Crippen LogP contribution in [0.4, 0.5) is 0 Å². The zero-order valence-electron chi connectivity index (χ0n) is 9.15. The number of rotatable bonds is 2. The van der Waals surface area contributed by atoms with E-state index < -0.39 is 5.91 Å². The Kier molecular flexibility index (Phi) is 2.75. The van der Waals surface area contributed by atoms with Crippen LogP contribution in [0.2, 0.25) is 0 Å². The van der Waals surface area contributed by atoms with Crippen LogP contribution in [0.15, 0.2) is 23.6 Å². The average Bonchev–Trinajstić information content (AvgIpc) is 2.66. The zero-order chi connectivity index (χ0) is 11.7. The zero-order valence-corrected chi connectivity index (χ0v) is 9.97. The molecule has 0 unspecified atom stereocenters. The Labute approximate surface area is 97.9 Å². The second kappa shape index (κ2) is 4.06. The van der Waals surface area contributed by atoms with Crippen molar-refractivity contribution in [3.05, 3.63) is 39.7 Å². The van der Waals surface area contributed by atoms with Gasteiger partial charge in [-0.15, -0.1) is 11.3 Å². The van der Waals surface area contributed by atoms with Gasteiger partial charge in [0.25, 0.3) is 5.91 Å². The average molecular weight is 232 g/mol. The number of carbonyl (C=O) groups is 1. The molecule has 2 rings (SSSR count). The number of aryl methyl sites for hydroxylation is 2. The molecule has 0 radical (unpaired) electrons. The molecule has 0 atom stereocenters. The molecule has 0 spiro atoms. The van der Waals surface area contributed by atoms with Crippen molar-refractivity contribution >= 4 is 17.2 Å². The van der Waals surface area contributed by atoms with Gasteiger partial charge in [0.1, 0.15) is 0 Å². The molecule has 0 bridgehead atoms. The molecular weight excluding hydrogens is 220 g/mol. The van der Waals surface area contributed by atoms with Crippen molar-refractivity contribution in [1.29, 1.82) is 0 Å². The van der Waals surface area contributed by atoms with Crippen LogP contribution < -0.4 is 5.73 Å². The summed E-state index contributed by atoms with van der Waals surface area (Å²) < 4.78 is 0. The summed E-state index contributed by atoms with van der Waals surface area (Å²) in [5, 5.41) is 2.22. The second-order valence-corrected chi connectivity index (χ2v) is 4.58. The van der Waals surface area contributed by atoms with Gasteiger partial charge in [-0.1, -0.05) is 23.8 Å². The predicted octanol–water partition coefficient (Wildman–Crippen LogP) is 2.53. The first-order chi connectivity index (χ1) is 7.58. The molecule has 0 saturated carbocycles. The lowest BCUT2D eigenvalue weighted by Crippen LogP contribution is -2.10. The van der Waals surface area contributed by atoms with E-state index in [1.807, 2.05) is 31.4 Å².